The number of hydrogen-bond donors (Lipinski definition) is 2. The Hall–Kier alpha value is -1.64. The van der Waals surface area contributed by atoms with E-state index in [9.17, 15) is 0 Å². The van der Waals surface area contributed by atoms with Crippen molar-refractivity contribution in [2.75, 3.05) is 24.5 Å². The average Bonchev–Trinajstić information content (AvgIpc) is 2.82. The Bertz CT molecular complexity index is 408. The van der Waals surface area contributed by atoms with Crippen LogP contribution in [0.3, 0.4) is 0 Å². The number of benzene rings is 1. The maximum atomic E-state index is 5.75. The van der Waals surface area contributed by atoms with E-state index in [2.05, 4.69) is 54.4 Å². The summed E-state index contributed by atoms with van der Waals surface area (Å²) < 4.78 is 0. The fraction of sp³-hybridized carbons (Fsp3) is 0.467. The first-order valence-electron chi connectivity index (χ1n) is 6.78. The molecule has 0 bridgehead atoms. The molecule has 0 aliphatic carbocycles. The maximum Gasteiger partial charge on any atom is 0.0923 e. The molecule has 98 valence electrons. The van der Waals surface area contributed by atoms with Crippen LogP contribution in [0.4, 0.5) is 5.69 Å². The lowest BCUT2D eigenvalue weighted by atomic mass is 10.1. The highest BCUT2D eigenvalue weighted by molar-refractivity contribution is 5.47. The maximum absolute atomic E-state index is 5.75. The van der Waals surface area contributed by atoms with E-state index in [1.807, 2.05) is 0 Å². The molecule has 1 heterocycles. The molecule has 0 spiro atoms. The second-order valence-corrected chi connectivity index (χ2v) is 4.82. The van der Waals surface area contributed by atoms with Gasteiger partial charge in [0.25, 0.3) is 0 Å². The lowest BCUT2D eigenvalue weighted by Gasteiger charge is -2.25. The molecule has 0 radical (unpaired) electrons. The van der Waals surface area contributed by atoms with Crippen molar-refractivity contribution in [1.82, 2.24) is 5.32 Å². The van der Waals surface area contributed by atoms with Gasteiger partial charge >= 0.3 is 0 Å². The van der Waals surface area contributed by atoms with E-state index in [4.69, 9.17) is 5.73 Å². The van der Waals surface area contributed by atoms with Crippen LogP contribution in [-0.2, 0) is 6.42 Å². The van der Waals surface area contributed by atoms with Crippen LogP contribution < -0.4 is 16.0 Å². The Labute approximate surface area is 110 Å². The molecule has 0 saturated heterocycles. The highest BCUT2D eigenvalue weighted by Crippen LogP contribution is 2.18. The second-order valence-electron chi connectivity index (χ2n) is 4.82. The molecule has 1 aliphatic rings. The van der Waals surface area contributed by atoms with E-state index in [1.54, 1.807) is 0 Å². The third kappa shape index (κ3) is 2.97. The van der Waals surface area contributed by atoms with E-state index < -0.39 is 0 Å². The van der Waals surface area contributed by atoms with E-state index >= 15 is 0 Å². The van der Waals surface area contributed by atoms with Gasteiger partial charge in [0.2, 0.25) is 0 Å². The molecule has 0 amide bonds. The van der Waals surface area contributed by atoms with Crippen molar-refractivity contribution in [3.05, 3.63) is 41.7 Å². The molecular weight excluding hydrogens is 222 g/mol. The zero-order valence-electron chi connectivity index (χ0n) is 11.3. The van der Waals surface area contributed by atoms with Crippen molar-refractivity contribution in [3.63, 3.8) is 0 Å². The van der Waals surface area contributed by atoms with E-state index in [0.29, 0.717) is 5.92 Å². The van der Waals surface area contributed by atoms with Gasteiger partial charge in [-0.25, -0.2) is 0 Å². The first-order chi connectivity index (χ1) is 8.72. The van der Waals surface area contributed by atoms with Crippen LogP contribution >= 0.6 is 0 Å². The standard InChI is InChI=1S/C15H23N3/c1-3-12-5-7-14(8-6-12)18(4-2)11-13-9-15(16)17-10-13/h5-9,13,17H,3-4,10-11,16H2,1-2H3/t13-/m0/s1. The molecule has 1 aliphatic heterocycles. The van der Waals surface area contributed by atoms with Crippen molar-refractivity contribution >= 4 is 5.69 Å². The van der Waals surface area contributed by atoms with Gasteiger partial charge in [-0.3, -0.25) is 0 Å². The van der Waals surface area contributed by atoms with Gasteiger partial charge in [0.15, 0.2) is 0 Å². The molecule has 0 aromatic heterocycles. The Morgan fingerprint density at radius 3 is 2.50 bits per heavy atom. The number of anilines is 1. The first-order valence-corrected chi connectivity index (χ1v) is 6.78. The molecule has 2 rings (SSSR count). The largest absolute Gasteiger partial charge is 0.386 e. The number of nitrogens with one attached hydrogen (secondary N) is 1. The van der Waals surface area contributed by atoms with E-state index in [1.165, 1.54) is 11.3 Å². The minimum Gasteiger partial charge on any atom is -0.386 e. The molecular formula is C15H23N3. The lowest BCUT2D eigenvalue weighted by molar-refractivity contribution is 0.624. The number of hydrogen-bond acceptors (Lipinski definition) is 3. The predicted molar refractivity (Wildman–Crippen MR) is 77.5 cm³/mol. The van der Waals surface area contributed by atoms with Gasteiger partial charge in [0.1, 0.15) is 0 Å². The van der Waals surface area contributed by atoms with Gasteiger partial charge in [0, 0.05) is 31.2 Å². The summed E-state index contributed by atoms with van der Waals surface area (Å²) in [5.41, 5.74) is 8.44. The van der Waals surface area contributed by atoms with Crippen molar-refractivity contribution in [1.29, 1.82) is 0 Å². The number of rotatable bonds is 5. The van der Waals surface area contributed by atoms with Crippen molar-refractivity contribution in [3.8, 4) is 0 Å². The minimum absolute atomic E-state index is 0.510. The molecule has 0 unspecified atom stereocenters. The van der Waals surface area contributed by atoms with Gasteiger partial charge in [-0.2, -0.15) is 0 Å². The molecule has 3 nitrogen and oxygen atoms in total. The van der Waals surface area contributed by atoms with Crippen LogP contribution in [0.1, 0.15) is 19.4 Å². The summed E-state index contributed by atoms with van der Waals surface area (Å²) in [6, 6.07) is 8.87. The highest BCUT2D eigenvalue weighted by atomic mass is 15.1. The van der Waals surface area contributed by atoms with Gasteiger partial charge in [-0.15, -0.1) is 0 Å². The third-order valence-electron chi connectivity index (χ3n) is 3.53. The topological polar surface area (TPSA) is 41.3 Å². The van der Waals surface area contributed by atoms with Gasteiger partial charge in [-0.1, -0.05) is 19.1 Å². The fourth-order valence-corrected chi connectivity index (χ4v) is 2.38. The van der Waals surface area contributed by atoms with Gasteiger partial charge in [0.05, 0.1) is 5.82 Å². The Morgan fingerprint density at radius 1 is 1.28 bits per heavy atom. The van der Waals surface area contributed by atoms with Crippen molar-refractivity contribution < 1.29 is 0 Å². The van der Waals surface area contributed by atoms with Gasteiger partial charge in [-0.05, 0) is 37.1 Å². The number of nitrogens with two attached hydrogens (primary N) is 1. The lowest BCUT2D eigenvalue weighted by Crippen LogP contribution is -2.30. The molecule has 1 atom stereocenters. The summed E-state index contributed by atoms with van der Waals surface area (Å²) in [6.07, 6.45) is 3.22. The van der Waals surface area contributed by atoms with Crippen LogP contribution in [0.25, 0.3) is 0 Å². The second kappa shape index (κ2) is 5.80. The summed E-state index contributed by atoms with van der Waals surface area (Å²) in [5.74, 6) is 1.33. The summed E-state index contributed by atoms with van der Waals surface area (Å²) in [7, 11) is 0. The minimum atomic E-state index is 0.510. The average molecular weight is 245 g/mol. The smallest absolute Gasteiger partial charge is 0.0923 e. The third-order valence-corrected chi connectivity index (χ3v) is 3.53. The Balaban J connectivity index is 2.03. The SMILES string of the molecule is CCc1ccc(N(CC)C[C@H]2C=C(N)NC2)cc1. The predicted octanol–water partition coefficient (Wildman–Crippen LogP) is 2.09. The van der Waals surface area contributed by atoms with Crippen LogP contribution in [0, 0.1) is 5.92 Å². The summed E-state index contributed by atoms with van der Waals surface area (Å²) in [5, 5.41) is 3.18. The zero-order valence-corrected chi connectivity index (χ0v) is 11.3. The highest BCUT2D eigenvalue weighted by Gasteiger charge is 2.16. The van der Waals surface area contributed by atoms with E-state index in [-0.39, 0.29) is 0 Å². The van der Waals surface area contributed by atoms with Crippen LogP contribution in [-0.4, -0.2) is 19.6 Å². The summed E-state index contributed by atoms with van der Waals surface area (Å²) in [6.45, 7) is 7.38. The molecule has 3 N–H and O–H groups in total. The summed E-state index contributed by atoms with van der Waals surface area (Å²) in [4.78, 5) is 2.40. The molecule has 1 aromatic carbocycles. The molecule has 0 saturated carbocycles. The molecule has 3 heteroatoms. The number of nitrogens with zero attached hydrogens (tertiary/aromatic N) is 1. The Morgan fingerprint density at radius 2 is 2.00 bits per heavy atom. The van der Waals surface area contributed by atoms with Crippen LogP contribution in [0.5, 0.6) is 0 Å². The zero-order chi connectivity index (χ0) is 13.0. The fourth-order valence-electron chi connectivity index (χ4n) is 2.38. The molecule has 1 aromatic rings. The number of aryl methyl sites for hydroxylation is 1. The van der Waals surface area contributed by atoms with E-state index in [0.717, 1.165) is 31.9 Å². The quantitative estimate of drug-likeness (QED) is 0.834. The normalized spacial score (nSPS) is 18.3. The van der Waals surface area contributed by atoms with Crippen molar-refractivity contribution in [2.24, 2.45) is 11.7 Å². The first kappa shape index (κ1) is 12.8. The van der Waals surface area contributed by atoms with Crippen molar-refractivity contribution in [2.45, 2.75) is 20.3 Å². The molecule has 0 fully saturated rings. The molecule has 18 heavy (non-hydrogen) atoms. The van der Waals surface area contributed by atoms with Crippen LogP contribution in [0.2, 0.25) is 0 Å². The van der Waals surface area contributed by atoms with Crippen LogP contribution in [0.15, 0.2) is 36.2 Å². The Kier molecular flexibility index (Phi) is 4.13. The monoisotopic (exact) mass is 245 g/mol. The summed E-state index contributed by atoms with van der Waals surface area (Å²) >= 11 is 0. The van der Waals surface area contributed by atoms with Gasteiger partial charge < -0.3 is 16.0 Å².